The monoisotopic (exact) mass is 791 g/mol. The fraction of sp³-hybridized carbons (Fsp3) is 0.0492. The van der Waals surface area contributed by atoms with Crippen molar-refractivity contribution in [1.29, 1.82) is 0 Å². The Hall–Kier alpha value is -7.74. The molecule has 0 fully saturated rings. The maximum absolute atomic E-state index is 2.48. The Morgan fingerprint density at radius 3 is 1.32 bits per heavy atom. The number of fused-ring (bicyclic) bond motifs is 4. The molecule has 0 saturated carbocycles. The molecule has 294 valence electrons. The number of para-hydroxylation sites is 1. The van der Waals surface area contributed by atoms with Crippen LogP contribution in [0.15, 0.2) is 237 Å². The van der Waals surface area contributed by atoms with Crippen molar-refractivity contribution >= 4 is 27.8 Å². The molecule has 1 aliphatic rings. The molecule has 0 amide bonds. The van der Waals surface area contributed by atoms with Gasteiger partial charge < -0.3 is 4.90 Å². The normalized spacial score (nSPS) is 12.5. The van der Waals surface area contributed by atoms with Crippen LogP contribution in [0.4, 0.5) is 17.1 Å². The van der Waals surface area contributed by atoms with Gasteiger partial charge in [0.25, 0.3) is 0 Å². The van der Waals surface area contributed by atoms with Crippen molar-refractivity contribution in [2.75, 3.05) is 4.90 Å². The third-order valence-electron chi connectivity index (χ3n) is 12.9. The lowest BCUT2D eigenvalue weighted by Crippen LogP contribution is -2.17. The van der Waals surface area contributed by atoms with E-state index in [1.807, 2.05) is 0 Å². The van der Waals surface area contributed by atoms with Gasteiger partial charge in [-0.05, 0) is 108 Å². The number of anilines is 3. The number of hydrogen-bond acceptors (Lipinski definition) is 1. The van der Waals surface area contributed by atoms with E-state index >= 15 is 0 Å². The first-order valence-corrected chi connectivity index (χ1v) is 21.6. The van der Waals surface area contributed by atoms with Gasteiger partial charge in [-0.2, -0.15) is 0 Å². The Kier molecular flexibility index (Phi) is 9.24. The zero-order valence-corrected chi connectivity index (χ0v) is 35.0. The minimum absolute atomic E-state index is 0.214. The summed E-state index contributed by atoms with van der Waals surface area (Å²) in [7, 11) is 0. The van der Waals surface area contributed by atoms with Gasteiger partial charge in [-0.25, -0.2) is 0 Å². The van der Waals surface area contributed by atoms with E-state index in [0.717, 1.165) is 17.1 Å². The predicted molar refractivity (Wildman–Crippen MR) is 263 cm³/mol. The molecule has 11 rings (SSSR count). The summed E-state index contributed by atoms with van der Waals surface area (Å²) in [6, 6.07) is 86.5. The van der Waals surface area contributed by atoms with Crippen LogP contribution >= 0.6 is 0 Å². The minimum atomic E-state index is -0.214. The van der Waals surface area contributed by atoms with Crippen LogP contribution in [0.25, 0.3) is 77.5 Å². The van der Waals surface area contributed by atoms with Crippen LogP contribution in [-0.4, -0.2) is 0 Å². The van der Waals surface area contributed by atoms with Crippen LogP contribution in [0.1, 0.15) is 25.0 Å². The van der Waals surface area contributed by atoms with Gasteiger partial charge in [-0.1, -0.05) is 220 Å². The molecule has 1 heteroatoms. The SMILES string of the molecule is CC1(C)c2cc(-c3ccc(-c4ccc(-c5ccccc5)cc4)cc3)ccc2-c2ccc(N(c3ccccc3-c3ccc(-c4ccccc4)cc3)c3cccc4ccccc34)cc21. The summed E-state index contributed by atoms with van der Waals surface area (Å²) in [4.78, 5) is 2.48. The molecule has 0 atom stereocenters. The number of hydrogen-bond donors (Lipinski definition) is 0. The number of benzene rings is 10. The van der Waals surface area contributed by atoms with Gasteiger partial charge in [-0.3, -0.25) is 0 Å². The predicted octanol–water partition coefficient (Wildman–Crippen LogP) is 17.0. The van der Waals surface area contributed by atoms with E-state index in [1.54, 1.807) is 0 Å². The minimum Gasteiger partial charge on any atom is -0.309 e. The molecule has 10 aromatic rings. The van der Waals surface area contributed by atoms with Crippen molar-refractivity contribution in [2.45, 2.75) is 19.3 Å². The van der Waals surface area contributed by atoms with Crippen LogP contribution in [0.2, 0.25) is 0 Å². The van der Waals surface area contributed by atoms with E-state index in [1.165, 1.54) is 88.7 Å². The van der Waals surface area contributed by atoms with Crippen LogP contribution in [0, 0.1) is 0 Å². The van der Waals surface area contributed by atoms with E-state index in [4.69, 9.17) is 0 Å². The van der Waals surface area contributed by atoms with Gasteiger partial charge >= 0.3 is 0 Å². The summed E-state index contributed by atoms with van der Waals surface area (Å²) < 4.78 is 0. The first kappa shape index (κ1) is 37.3. The van der Waals surface area contributed by atoms with Gasteiger partial charge in [0.2, 0.25) is 0 Å². The highest BCUT2D eigenvalue weighted by Crippen LogP contribution is 2.52. The summed E-state index contributed by atoms with van der Waals surface area (Å²) >= 11 is 0. The van der Waals surface area contributed by atoms with Crippen molar-refractivity contribution in [1.82, 2.24) is 0 Å². The van der Waals surface area contributed by atoms with Crippen molar-refractivity contribution in [3.63, 3.8) is 0 Å². The molecule has 10 aromatic carbocycles. The molecule has 62 heavy (non-hydrogen) atoms. The van der Waals surface area contributed by atoms with E-state index < -0.39 is 0 Å². The Bertz CT molecular complexity index is 3210. The fourth-order valence-corrected chi connectivity index (χ4v) is 9.58. The van der Waals surface area contributed by atoms with Crippen molar-refractivity contribution in [2.24, 2.45) is 0 Å². The molecular formula is C61H45N. The lowest BCUT2D eigenvalue weighted by atomic mass is 9.81. The Balaban J connectivity index is 0.957. The molecule has 0 N–H and O–H groups in total. The second kappa shape index (κ2) is 15.4. The third kappa shape index (κ3) is 6.60. The molecule has 0 bridgehead atoms. The third-order valence-corrected chi connectivity index (χ3v) is 12.9. The second-order valence-corrected chi connectivity index (χ2v) is 16.9. The van der Waals surface area contributed by atoms with Gasteiger partial charge in [0.1, 0.15) is 0 Å². The van der Waals surface area contributed by atoms with E-state index in [2.05, 4.69) is 255 Å². The summed E-state index contributed by atoms with van der Waals surface area (Å²) in [6.07, 6.45) is 0. The van der Waals surface area contributed by atoms with Crippen LogP contribution in [0.3, 0.4) is 0 Å². The number of rotatable bonds is 8. The van der Waals surface area contributed by atoms with Crippen LogP contribution < -0.4 is 4.90 Å². The largest absolute Gasteiger partial charge is 0.309 e. The highest BCUT2D eigenvalue weighted by Gasteiger charge is 2.36. The van der Waals surface area contributed by atoms with Gasteiger partial charge in [-0.15, -0.1) is 0 Å². The van der Waals surface area contributed by atoms with Crippen molar-refractivity contribution in [3.05, 3.63) is 248 Å². The highest BCUT2D eigenvalue weighted by atomic mass is 15.1. The molecular weight excluding hydrogens is 747 g/mol. The molecule has 0 unspecified atom stereocenters. The summed E-state index contributed by atoms with van der Waals surface area (Å²) in [5, 5.41) is 2.43. The Labute approximate surface area is 364 Å². The molecule has 0 aromatic heterocycles. The lowest BCUT2D eigenvalue weighted by molar-refractivity contribution is 0.660. The summed E-state index contributed by atoms with van der Waals surface area (Å²) in [5.41, 5.74) is 20.7. The topological polar surface area (TPSA) is 3.24 Å². The zero-order valence-electron chi connectivity index (χ0n) is 35.0. The quantitative estimate of drug-likeness (QED) is 0.148. The molecule has 0 spiro atoms. The summed E-state index contributed by atoms with van der Waals surface area (Å²) in [5.74, 6) is 0. The van der Waals surface area contributed by atoms with E-state index in [9.17, 15) is 0 Å². The number of nitrogens with zero attached hydrogens (tertiary/aromatic N) is 1. The van der Waals surface area contributed by atoms with Gasteiger partial charge in [0.05, 0.1) is 11.4 Å². The molecule has 0 aliphatic heterocycles. The smallest absolute Gasteiger partial charge is 0.0540 e. The average molecular weight is 792 g/mol. The van der Waals surface area contributed by atoms with Crippen LogP contribution in [-0.2, 0) is 5.41 Å². The molecule has 1 aliphatic carbocycles. The lowest BCUT2D eigenvalue weighted by Gasteiger charge is -2.30. The Morgan fingerprint density at radius 2 is 0.710 bits per heavy atom. The maximum atomic E-state index is 2.48. The van der Waals surface area contributed by atoms with E-state index in [-0.39, 0.29) is 5.41 Å². The first-order chi connectivity index (χ1) is 30.5. The molecule has 0 saturated heterocycles. The van der Waals surface area contributed by atoms with Gasteiger partial charge in [0.15, 0.2) is 0 Å². The molecule has 1 nitrogen and oxygen atoms in total. The van der Waals surface area contributed by atoms with Gasteiger partial charge in [0, 0.05) is 22.1 Å². The fourth-order valence-electron chi connectivity index (χ4n) is 9.58. The van der Waals surface area contributed by atoms with Crippen molar-refractivity contribution in [3.8, 4) is 66.8 Å². The second-order valence-electron chi connectivity index (χ2n) is 16.9. The van der Waals surface area contributed by atoms with Crippen molar-refractivity contribution < 1.29 is 0 Å². The zero-order chi connectivity index (χ0) is 41.6. The molecule has 0 radical (unpaired) electrons. The van der Waals surface area contributed by atoms with Crippen LogP contribution in [0.5, 0.6) is 0 Å². The molecule has 0 heterocycles. The first-order valence-electron chi connectivity index (χ1n) is 21.6. The Morgan fingerprint density at radius 1 is 0.290 bits per heavy atom. The highest BCUT2D eigenvalue weighted by molar-refractivity contribution is 6.01. The average Bonchev–Trinajstić information content (AvgIpc) is 3.57. The standard InChI is InChI=1S/C61H45N/c1-61(2)57-40-51(48-30-28-47(29-31-48)46-26-24-44(25-27-46)42-14-5-3-6-15-42)36-38-55(57)56-39-37-52(41-58(56)61)62(60-23-13-19-49-18-9-10-20-53(49)60)59-22-12-11-21-54(59)50-34-32-45(33-35-50)43-16-7-4-8-17-43/h3-41H,1-2H3. The van der Waals surface area contributed by atoms with E-state index in [0.29, 0.717) is 0 Å². The summed E-state index contributed by atoms with van der Waals surface area (Å²) in [6.45, 7) is 4.77. The maximum Gasteiger partial charge on any atom is 0.0540 e.